The third kappa shape index (κ3) is 0.812. The summed E-state index contributed by atoms with van der Waals surface area (Å²) < 4.78 is 0. The summed E-state index contributed by atoms with van der Waals surface area (Å²) in [7, 11) is 0. The molecule has 1 fully saturated rings. The fourth-order valence-electron chi connectivity index (χ4n) is 0.981. The Kier molecular flexibility index (Phi) is 1.24. The number of aliphatic carboxylic acids is 1. The summed E-state index contributed by atoms with van der Waals surface area (Å²) >= 11 is 0. The molecule has 3 nitrogen and oxygen atoms in total. The number of rotatable bonds is 2. The van der Waals surface area contributed by atoms with Gasteiger partial charge >= 0.3 is 5.97 Å². The molecule has 0 saturated heterocycles. The molecule has 0 unspecified atom stereocenters. The van der Waals surface area contributed by atoms with Gasteiger partial charge in [-0.05, 0) is 19.3 Å². The predicted octanol–water partition coefficient (Wildman–Crippen LogP) is 0.0895. The summed E-state index contributed by atoms with van der Waals surface area (Å²) in [6.45, 7) is 1.67. The second-order valence-corrected chi connectivity index (χ2v) is 2.81. The van der Waals surface area contributed by atoms with Gasteiger partial charge < -0.3 is 10.2 Å². The highest BCUT2D eigenvalue weighted by Gasteiger charge is 2.55. The maximum Gasteiger partial charge on any atom is 0.309 e. The van der Waals surface area contributed by atoms with E-state index in [0.717, 1.165) is 0 Å². The zero-order chi connectivity index (χ0) is 7.07. The lowest BCUT2D eigenvalue weighted by molar-refractivity contribution is -0.143. The van der Waals surface area contributed by atoms with Crippen LogP contribution >= 0.6 is 0 Å². The Morgan fingerprint density at radius 1 is 1.89 bits per heavy atom. The Hall–Kier alpha value is -0.570. The Bertz CT molecular complexity index is 143. The summed E-state index contributed by atoms with van der Waals surface area (Å²) in [6, 6.07) is 0. The van der Waals surface area contributed by atoms with Gasteiger partial charge in [-0.25, -0.2) is 0 Å². The number of carboxylic acid groups (broad SMARTS) is 1. The highest BCUT2D eigenvalue weighted by Crippen LogP contribution is 2.51. The van der Waals surface area contributed by atoms with Gasteiger partial charge in [0.15, 0.2) is 0 Å². The topological polar surface area (TPSA) is 57.5 Å². The van der Waals surface area contributed by atoms with Crippen molar-refractivity contribution in [2.24, 2.45) is 11.3 Å². The molecule has 0 heterocycles. The van der Waals surface area contributed by atoms with Crippen LogP contribution in [0.1, 0.15) is 13.3 Å². The van der Waals surface area contributed by atoms with Crippen LogP contribution in [-0.4, -0.2) is 22.8 Å². The Labute approximate surface area is 53.3 Å². The highest BCUT2D eigenvalue weighted by atomic mass is 16.4. The normalized spacial score (nSPS) is 40.4. The van der Waals surface area contributed by atoms with Gasteiger partial charge in [0, 0.05) is 6.61 Å². The number of hydrogen-bond donors (Lipinski definition) is 2. The van der Waals surface area contributed by atoms with Gasteiger partial charge in [0.05, 0.1) is 5.41 Å². The van der Waals surface area contributed by atoms with Crippen molar-refractivity contribution in [1.82, 2.24) is 0 Å². The first-order chi connectivity index (χ1) is 4.11. The number of carboxylic acids is 1. The van der Waals surface area contributed by atoms with Crippen LogP contribution in [0, 0.1) is 11.3 Å². The van der Waals surface area contributed by atoms with Gasteiger partial charge in [-0.2, -0.15) is 0 Å². The summed E-state index contributed by atoms with van der Waals surface area (Å²) in [4.78, 5) is 10.3. The van der Waals surface area contributed by atoms with Gasteiger partial charge in [-0.1, -0.05) is 0 Å². The molecule has 0 aliphatic heterocycles. The monoisotopic (exact) mass is 130 g/mol. The van der Waals surface area contributed by atoms with Crippen LogP contribution in [0.25, 0.3) is 0 Å². The first-order valence-electron chi connectivity index (χ1n) is 2.95. The fraction of sp³-hybridized carbons (Fsp3) is 0.833. The van der Waals surface area contributed by atoms with Gasteiger partial charge in [-0.3, -0.25) is 4.79 Å². The van der Waals surface area contributed by atoms with Crippen molar-refractivity contribution in [3.63, 3.8) is 0 Å². The summed E-state index contributed by atoms with van der Waals surface area (Å²) in [5.41, 5.74) is -0.616. The average molecular weight is 130 g/mol. The van der Waals surface area contributed by atoms with Crippen molar-refractivity contribution < 1.29 is 15.0 Å². The lowest BCUT2D eigenvalue weighted by atomic mass is 10.1. The van der Waals surface area contributed by atoms with Crippen LogP contribution < -0.4 is 0 Å². The van der Waals surface area contributed by atoms with Crippen molar-refractivity contribution in [3.05, 3.63) is 0 Å². The van der Waals surface area contributed by atoms with Crippen molar-refractivity contribution in [2.45, 2.75) is 13.3 Å². The number of hydrogen-bond acceptors (Lipinski definition) is 2. The Balaban J connectivity index is 2.52. The van der Waals surface area contributed by atoms with E-state index in [1.807, 2.05) is 0 Å². The molecule has 1 saturated carbocycles. The van der Waals surface area contributed by atoms with Gasteiger partial charge in [0.25, 0.3) is 0 Å². The van der Waals surface area contributed by atoms with Crippen LogP contribution in [0.3, 0.4) is 0 Å². The summed E-state index contributed by atoms with van der Waals surface area (Å²) in [5, 5.41) is 17.0. The van der Waals surface area contributed by atoms with Gasteiger partial charge in [0.1, 0.15) is 0 Å². The van der Waals surface area contributed by atoms with E-state index in [0.29, 0.717) is 6.42 Å². The molecule has 3 heteroatoms. The second-order valence-electron chi connectivity index (χ2n) is 2.81. The van der Waals surface area contributed by atoms with E-state index in [1.54, 1.807) is 6.92 Å². The third-order valence-corrected chi connectivity index (χ3v) is 2.12. The van der Waals surface area contributed by atoms with Crippen LogP contribution in [-0.2, 0) is 4.79 Å². The average Bonchev–Trinajstić information content (AvgIpc) is 2.44. The molecule has 0 radical (unpaired) electrons. The van der Waals surface area contributed by atoms with E-state index in [1.165, 1.54) is 0 Å². The lowest BCUT2D eigenvalue weighted by Crippen LogP contribution is -2.14. The smallest absolute Gasteiger partial charge is 0.309 e. The molecule has 1 aliphatic carbocycles. The molecule has 2 atom stereocenters. The molecule has 0 bridgehead atoms. The van der Waals surface area contributed by atoms with Crippen molar-refractivity contribution in [1.29, 1.82) is 0 Å². The van der Waals surface area contributed by atoms with Crippen LogP contribution in [0.5, 0.6) is 0 Å². The molecule has 1 aliphatic rings. The minimum Gasteiger partial charge on any atom is -0.481 e. The molecular formula is C6H10O3. The fourth-order valence-corrected chi connectivity index (χ4v) is 0.981. The van der Waals surface area contributed by atoms with Crippen LogP contribution in [0.2, 0.25) is 0 Å². The van der Waals surface area contributed by atoms with E-state index in [4.69, 9.17) is 10.2 Å². The molecule has 2 N–H and O–H groups in total. The molecule has 0 aromatic heterocycles. The maximum atomic E-state index is 10.3. The minimum absolute atomic E-state index is 0.00278. The van der Waals surface area contributed by atoms with Gasteiger partial charge in [-0.15, -0.1) is 0 Å². The largest absolute Gasteiger partial charge is 0.481 e. The van der Waals surface area contributed by atoms with Crippen LogP contribution in [0.4, 0.5) is 0 Å². The first-order valence-corrected chi connectivity index (χ1v) is 2.95. The molecule has 9 heavy (non-hydrogen) atoms. The standard InChI is InChI=1S/C6H10O3/c1-6(5(8)9)2-4(6)3-7/h4,7H,2-3H2,1H3,(H,8,9)/t4-,6+/m0/s1. The van der Waals surface area contributed by atoms with E-state index in [9.17, 15) is 4.79 Å². The minimum atomic E-state index is -0.790. The molecule has 0 spiro atoms. The molecule has 0 aromatic rings. The lowest BCUT2D eigenvalue weighted by Gasteiger charge is -2.00. The van der Waals surface area contributed by atoms with E-state index in [2.05, 4.69) is 0 Å². The van der Waals surface area contributed by atoms with Crippen molar-refractivity contribution in [2.75, 3.05) is 6.61 Å². The SMILES string of the molecule is C[C@@]1(C(=O)O)C[C@H]1CO. The second kappa shape index (κ2) is 1.70. The Morgan fingerprint density at radius 2 is 2.44 bits per heavy atom. The molecule has 1 rings (SSSR count). The van der Waals surface area contributed by atoms with Gasteiger partial charge in [0.2, 0.25) is 0 Å². The highest BCUT2D eigenvalue weighted by molar-refractivity contribution is 5.78. The van der Waals surface area contributed by atoms with E-state index < -0.39 is 11.4 Å². The molecule has 0 amide bonds. The Morgan fingerprint density at radius 3 is 2.56 bits per heavy atom. The van der Waals surface area contributed by atoms with Crippen molar-refractivity contribution >= 4 is 5.97 Å². The zero-order valence-corrected chi connectivity index (χ0v) is 5.29. The predicted molar refractivity (Wildman–Crippen MR) is 30.9 cm³/mol. The van der Waals surface area contributed by atoms with Crippen molar-refractivity contribution in [3.8, 4) is 0 Å². The third-order valence-electron chi connectivity index (χ3n) is 2.12. The summed E-state index contributed by atoms with van der Waals surface area (Å²) in [6.07, 6.45) is 0.624. The van der Waals surface area contributed by atoms with Crippen LogP contribution in [0.15, 0.2) is 0 Å². The van der Waals surface area contributed by atoms with E-state index in [-0.39, 0.29) is 12.5 Å². The molecular weight excluding hydrogens is 120 g/mol. The molecule has 0 aromatic carbocycles. The van der Waals surface area contributed by atoms with E-state index >= 15 is 0 Å². The quantitative estimate of drug-likeness (QED) is 0.557. The maximum absolute atomic E-state index is 10.3. The number of aliphatic hydroxyl groups excluding tert-OH is 1. The first kappa shape index (κ1) is 6.55. The number of aliphatic hydroxyl groups is 1. The molecule has 52 valence electrons. The number of carbonyl (C=O) groups is 1. The summed E-state index contributed by atoms with van der Waals surface area (Å²) in [5.74, 6) is -0.795. The zero-order valence-electron chi connectivity index (χ0n) is 5.29.